The Balaban J connectivity index is 1.47. The number of amides is 1. The minimum Gasteiger partial charge on any atom is -0.379 e. The van der Waals surface area contributed by atoms with E-state index in [1.165, 1.54) is 0 Å². The van der Waals surface area contributed by atoms with E-state index in [2.05, 4.69) is 4.90 Å². The summed E-state index contributed by atoms with van der Waals surface area (Å²) in [4.78, 5) is 16.9. The molecule has 0 aliphatic carbocycles. The second-order valence-corrected chi connectivity index (χ2v) is 6.01. The number of likely N-dealkylation sites (tertiary alicyclic amines) is 1. The molecular formula is C17H24N2O2. The van der Waals surface area contributed by atoms with Gasteiger partial charge in [-0.3, -0.25) is 9.69 Å². The summed E-state index contributed by atoms with van der Waals surface area (Å²) < 4.78 is 5.39. The summed E-state index contributed by atoms with van der Waals surface area (Å²) in [7, 11) is 0. The van der Waals surface area contributed by atoms with E-state index in [-0.39, 0.29) is 5.91 Å². The van der Waals surface area contributed by atoms with Gasteiger partial charge in [0.2, 0.25) is 0 Å². The van der Waals surface area contributed by atoms with Gasteiger partial charge >= 0.3 is 0 Å². The summed E-state index contributed by atoms with van der Waals surface area (Å²) in [5, 5.41) is 0. The molecule has 2 saturated heterocycles. The predicted molar refractivity (Wildman–Crippen MR) is 82.3 cm³/mol. The smallest absolute Gasteiger partial charge is 0.253 e. The monoisotopic (exact) mass is 288 g/mol. The number of benzene rings is 1. The first-order valence-corrected chi connectivity index (χ1v) is 7.97. The quantitative estimate of drug-likeness (QED) is 0.851. The summed E-state index contributed by atoms with van der Waals surface area (Å²) in [5.74, 6) is 0.906. The van der Waals surface area contributed by atoms with Crippen LogP contribution < -0.4 is 0 Å². The van der Waals surface area contributed by atoms with Gasteiger partial charge in [0.15, 0.2) is 0 Å². The largest absolute Gasteiger partial charge is 0.379 e. The third-order valence-electron chi connectivity index (χ3n) is 4.54. The minimum absolute atomic E-state index is 0.181. The van der Waals surface area contributed by atoms with E-state index in [4.69, 9.17) is 4.74 Å². The fourth-order valence-corrected chi connectivity index (χ4v) is 3.23. The zero-order valence-corrected chi connectivity index (χ0v) is 12.5. The highest BCUT2D eigenvalue weighted by molar-refractivity contribution is 5.94. The van der Waals surface area contributed by atoms with Gasteiger partial charge in [-0.1, -0.05) is 18.2 Å². The Morgan fingerprint density at radius 3 is 2.38 bits per heavy atom. The molecule has 114 valence electrons. The van der Waals surface area contributed by atoms with Gasteiger partial charge in [0.1, 0.15) is 0 Å². The van der Waals surface area contributed by atoms with Crippen LogP contribution in [0.25, 0.3) is 0 Å². The Morgan fingerprint density at radius 2 is 1.71 bits per heavy atom. The molecular weight excluding hydrogens is 264 g/mol. The van der Waals surface area contributed by atoms with Crippen molar-refractivity contribution in [2.75, 3.05) is 45.9 Å². The van der Waals surface area contributed by atoms with Crippen molar-refractivity contribution in [2.45, 2.75) is 12.8 Å². The lowest BCUT2D eigenvalue weighted by Gasteiger charge is -2.36. The number of carbonyl (C=O) groups excluding carboxylic acids is 1. The second kappa shape index (κ2) is 7.05. The molecule has 1 aromatic rings. The van der Waals surface area contributed by atoms with Crippen LogP contribution in [0.2, 0.25) is 0 Å². The fraction of sp³-hybridized carbons (Fsp3) is 0.588. The number of piperidine rings is 1. The van der Waals surface area contributed by atoms with Gasteiger partial charge in [-0.2, -0.15) is 0 Å². The molecule has 2 aliphatic rings. The van der Waals surface area contributed by atoms with E-state index in [1.807, 2.05) is 35.2 Å². The summed E-state index contributed by atoms with van der Waals surface area (Å²) in [6.45, 7) is 6.80. The van der Waals surface area contributed by atoms with E-state index >= 15 is 0 Å². The minimum atomic E-state index is 0.181. The van der Waals surface area contributed by atoms with Crippen LogP contribution >= 0.6 is 0 Å². The fourth-order valence-electron chi connectivity index (χ4n) is 3.23. The zero-order chi connectivity index (χ0) is 14.5. The highest BCUT2D eigenvalue weighted by Gasteiger charge is 2.25. The average molecular weight is 288 g/mol. The molecule has 0 bridgehead atoms. The predicted octanol–water partition coefficient (Wildman–Crippen LogP) is 1.87. The molecule has 2 fully saturated rings. The highest BCUT2D eigenvalue weighted by atomic mass is 16.5. The highest BCUT2D eigenvalue weighted by Crippen LogP contribution is 2.20. The Hall–Kier alpha value is -1.39. The molecule has 1 amide bonds. The number of ether oxygens (including phenoxy) is 1. The summed E-state index contributed by atoms with van der Waals surface area (Å²) in [6, 6.07) is 9.62. The van der Waals surface area contributed by atoms with Crippen molar-refractivity contribution in [3.63, 3.8) is 0 Å². The normalized spacial score (nSPS) is 21.4. The van der Waals surface area contributed by atoms with Crippen molar-refractivity contribution >= 4 is 5.91 Å². The molecule has 0 spiro atoms. The molecule has 0 N–H and O–H groups in total. The molecule has 4 heteroatoms. The SMILES string of the molecule is O=C(c1ccccc1)N1CCC(CN2CCOCC2)CC1. The molecule has 0 radical (unpaired) electrons. The van der Waals surface area contributed by atoms with Crippen molar-refractivity contribution in [2.24, 2.45) is 5.92 Å². The summed E-state index contributed by atoms with van der Waals surface area (Å²) in [5.41, 5.74) is 0.809. The van der Waals surface area contributed by atoms with Crippen molar-refractivity contribution in [1.82, 2.24) is 9.80 Å². The first kappa shape index (κ1) is 14.5. The van der Waals surface area contributed by atoms with Gasteiger partial charge in [-0.25, -0.2) is 0 Å². The molecule has 0 unspecified atom stereocenters. The van der Waals surface area contributed by atoms with Crippen molar-refractivity contribution < 1.29 is 9.53 Å². The zero-order valence-electron chi connectivity index (χ0n) is 12.5. The van der Waals surface area contributed by atoms with Gasteiger partial charge < -0.3 is 9.64 Å². The maximum Gasteiger partial charge on any atom is 0.253 e. The Bertz CT molecular complexity index is 449. The number of hydrogen-bond donors (Lipinski definition) is 0. The third-order valence-corrected chi connectivity index (χ3v) is 4.54. The van der Waals surface area contributed by atoms with Crippen LogP contribution in [0.15, 0.2) is 30.3 Å². The summed E-state index contributed by atoms with van der Waals surface area (Å²) in [6.07, 6.45) is 2.24. The molecule has 21 heavy (non-hydrogen) atoms. The van der Waals surface area contributed by atoms with Crippen molar-refractivity contribution in [3.05, 3.63) is 35.9 Å². The number of nitrogens with zero attached hydrogens (tertiary/aromatic N) is 2. The van der Waals surface area contributed by atoms with Gasteiger partial charge in [-0.05, 0) is 30.9 Å². The summed E-state index contributed by atoms with van der Waals surface area (Å²) >= 11 is 0. The molecule has 2 heterocycles. The van der Waals surface area contributed by atoms with Crippen LogP contribution in [-0.4, -0.2) is 61.6 Å². The molecule has 3 rings (SSSR count). The molecule has 0 saturated carbocycles. The topological polar surface area (TPSA) is 32.8 Å². The Morgan fingerprint density at radius 1 is 1.05 bits per heavy atom. The standard InChI is InChI=1S/C17H24N2O2/c20-17(16-4-2-1-3-5-16)19-8-6-15(7-9-19)14-18-10-12-21-13-11-18/h1-5,15H,6-14H2. The van der Waals surface area contributed by atoms with Crippen LogP contribution in [0.5, 0.6) is 0 Å². The lowest BCUT2D eigenvalue weighted by Crippen LogP contribution is -2.44. The van der Waals surface area contributed by atoms with E-state index in [0.717, 1.165) is 70.3 Å². The van der Waals surface area contributed by atoms with E-state index < -0.39 is 0 Å². The third kappa shape index (κ3) is 3.83. The lowest BCUT2D eigenvalue weighted by molar-refractivity contribution is 0.0243. The van der Waals surface area contributed by atoms with E-state index in [0.29, 0.717) is 0 Å². The Kier molecular flexibility index (Phi) is 4.88. The number of carbonyl (C=O) groups is 1. The number of rotatable bonds is 3. The number of hydrogen-bond acceptors (Lipinski definition) is 3. The molecule has 0 atom stereocenters. The molecule has 1 aromatic carbocycles. The Labute approximate surface area is 126 Å². The van der Waals surface area contributed by atoms with Gasteiger partial charge in [-0.15, -0.1) is 0 Å². The van der Waals surface area contributed by atoms with Crippen molar-refractivity contribution in [1.29, 1.82) is 0 Å². The van der Waals surface area contributed by atoms with E-state index in [9.17, 15) is 4.79 Å². The first-order valence-electron chi connectivity index (χ1n) is 7.97. The first-order chi connectivity index (χ1) is 10.3. The average Bonchev–Trinajstić information content (AvgIpc) is 2.57. The van der Waals surface area contributed by atoms with Gasteiger partial charge in [0.25, 0.3) is 5.91 Å². The maximum absolute atomic E-state index is 12.4. The van der Waals surface area contributed by atoms with Gasteiger partial charge in [0.05, 0.1) is 13.2 Å². The van der Waals surface area contributed by atoms with E-state index in [1.54, 1.807) is 0 Å². The van der Waals surface area contributed by atoms with Crippen LogP contribution in [0.4, 0.5) is 0 Å². The van der Waals surface area contributed by atoms with Gasteiger partial charge in [0, 0.05) is 38.3 Å². The van der Waals surface area contributed by atoms with Crippen molar-refractivity contribution in [3.8, 4) is 0 Å². The second-order valence-electron chi connectivity index (χ2n) is 6.01. The molecule has 0 aromatic heterocycles. The van der Waals surface area contributed by atoms with Crippen LogP contribution in [-0.2, 0) is 4.74 Å². The molecule has 2 aliphatic heterocycles. The number of morpholine rings is 1. The van der Waals surface area contributed by atoms with Crippen LogP contribution in [0.3, 0.4) is 0 Å². The lowest BCUT2D eigenvalue weighted by atomic mass is 9.95. The van der Waals surface area contributed by atoms with Crippen LogP contribution in [0.1, 0.15) is 23.2 Å². The maximum atomic E-state index is 12.4. The van der Waals surface area contributed by atoms with Crippen LogP contribution in [0, 0.1) is 5.92 Å². The molecule has 4 nitrogen and oxygen atoms in total.